The van der Waals surface area contributed by atoms with Crippen molar-refractivity contribution in [2.75, 3.05) is 19.7 Å². The van der Waals surface area contributed by atoms with Crippen LogP contribution in [-0.2, 0) is 9.53 Å². The Morgan fingerprint density at radius 1 is 1.20 bits per heavy atom. The number of esters is 1. The summed E-state index contributed by atoms with van der Waals surface area (Å²) in [6.07, 6.45) is 4.92. The lowest BCUT2D eigenvalue weighted by Gasteiger charge is -2.31. The Balaban J connectivity index is 1.75. The van der Waals surface area contributed by atoms with E-state index in [2.05, 4.69) is 4.98 Å². The van der Waals surface area contributed by atoms with Gasteiger partial charge in [-0.15, -0.1) is 0 Å². The molecule has 0 bridgehead atoms. The number of amides is 1. The second-order valence-electron chi connectivity index (χ2n) is 6.17. The van der Waals surface area contributed by atoms with E-state index in [4.69, 9.17) is 4.74 Å². The van der Waals surface area contributed by atoms with E-state index < -0.39 is 0 Å². The smallest absolute Gasteiger partial charge is 0.310 e. The van der Waals surface area contributed by atoms with E-state index in [1.165, 1.54) is 0 Å². The summed E-state index contributed by atoms with van der Waals surface area (Å²) in [5.41, 5.74) is 2.48. The molecule has 1 aromatic heterocycles. The van der Waals surface area contributed by atoms with E-state index in [0.29, 0.717) is 25.3 Å². The molecule has 3 rings (SSSR count). The van der Waals surface area contributed by atoms with Crippen LogP contribution in [0.25, 0.3) is 11.1 Å². The van der Waals surface area contributed by atoms with E-state index in [1.807, 2.05) is 36.4 Å². The largest absolute Gasteiger partial charge is 0.466 e. The Bertz CT molecular complexity index is 746. The van der Waals surface area contributed by atoms with Gasteiger partial charge in [-0.1, -0.05) is 30.3 Å². The van der Waals surface area contributed by atoms with E-state index in [0.717, 1.165) is 24.0 Å². The molecule has 0 aliphatic carbocycles. The fraction of sp³-hybridized carbons (Fsp3) is 0.350. The Labute approximate surface area is 147 Å². The van der Waals surface area contributed by atoms with E-state index in [-0.39, 0.29) is 17.8 Å². The second-order valence-corrected chi connectivity index (χ2v) is 6.17. The topological polar surface area (TPSA) is 59.5 Å². The van der Waals surface area contributed by atoms with Gasteiger partial charge in [-0.3, -0.25) is 14.6 Å². The molecule has 5 nitrogen and oxygen atoms in total. The number of pyridine rings is 1. The highest BCUT2D eigenvalue weighted by atomic mass is 16.5. The number of rotatable bonds is 4. The van der Waals surface area contributed by atoms with Crippen LogP contribution in [0, 0.1) is 5.92 Å². The van der Waals surface area contributed by atoms with Crippen molar-refractivity contribution >= 4 is 11.9 Å². The highest BCUT2D eigenvalue weighted by molar-refractivity contribution is 5.95. The van der Waals surface area contributed by atoms with Crippen molar-refractivity contribution in [2.45, 2.75) is 19.8 Å². The lowest BCUT2D eigenvalue weighted by atomic mass is 9.97. The standard InChI is InChI=1S/C20H22N2O3/c1-2-25-20(24)16-9-6-10-22(14-16)19(23)18-11-17(12-21-13-18)15-7-4-3-5-8-15/h3-5,7-8,11-13,16H,2,6,9-10,14H2,1H3. The first kappa shape index (κ1) is 17.1. The van der Waals surface area contributed by atoms with Crippen molar-refractivity contribution in [1.82, 2.24) is 9.88 Å². The summed E-state index contributed by atoms with van der Waals surface area (Å²) >= 11 is 0. The molecule has 1 aromatic carbocycles. The van der Waals surface area contributed by atoms with Crippen LogP contribution < -0.4 is 0 Å². The third-order valence-electron chi connectivity index (χ3n) is 4.42. The number of hydrogen-bond donors (Lipinski definition) is 0. The Kier molecular flexibility index (Phi) is 5.43. The number of ether oxygens (including phenoxy) is 1. The molecule has 1 aliphatic rings. The third kappa shape index (κ3) is 4.05. The summed E-state index contributed by atoms with van der Waals surface area (Å²) in [6, 6.07) is 11.7. The summed E-state index contributed by atoms with van der Waals surface area (Å²) in [5.74, 6) is -0.529. The normalized spacial score (nSPS) is 17.2. The van der Waals surface area contributed by atoms with Crippen molar-refractivity contribution in [3.8, 4) is 11.1 Å². The van der Waals surface area contributed by atoms with Crippen LogP contribution in [0.2, 0.25) is 0 Å². The molecule has 2 aromatic rings. The minimum absolute atomic E-state index is 0.0840. The first-order valence-corrected chi connectivity index (χ1v) is 8.65. The van der Waals surface area contributed by atoms with Crippen LogP contribution in [0.3, 0.4) is 0 Å². The maximum atomic E-state index is 12.8. The van der Waals surface area contributed by atoms with Crippen LogP contribution >= 0.6 is 0 Å². The predicted octanol–water partition coefficient (Wildman–Crippen LogP) is 3.16. The molecule has 1 aliphatic heterocycles. The number of aromatic nitrogens is 1. The van der Waals surface area contributed by atoms with Crippen LogP contribution in [0.15, 0.2) is 48.8 Å². The van der Waals surface area contributed by atoms with Crippen LogP contribution in [0.5, 0.6) is 0 Å². The molecule has 0 N–H and O–H groups in total. The number of carbonyl (C=O) groups excluding carboxylic acids is 2. The highest BCUT2D eigenvalue weighted by Gasteiger charge is 2.29. The van der Waals surface area contributed by atoms with Crippen LogP contribution in [-0.4, -0.2) is 41.5 Å². The lowest BCUT2D eigenvalue weighted by Crippen LogP contribution is -2.42. The summed E-state index contributed by atoms with van der Waals surface area (Å²) < 4.78 is 5.10. The summed E-state index contributed by atoms with van der Waals surface area (Å²) in [7, 11) is 0. The van der Waals surface area contributed by atoms with Gasteiger partial charge in [-0.2, -0.15) is 0 Å². The van der Waals surface area contributed by atoms with Crippen molar-refractivity contribution in [3.63, 3.8) is 0 Å². The summed E-state index contributed by atoms with van der Waals surface area (Å²) in [4.78, 5) is 30.8. The molecule has 25 heavy (non-hydrogen) atoms. The van der Waals surface area contributed by atoms with Gasteiger partial charge in [0.1, 0.15) is 0 Å². The zero-order valence-electron chi connectivity index (χ0n) is 14.4. The van der Waals surface area contributed by atoms with Crippen molar-refractivity contribution in [3.05, 3.63) is 54.4 Å². The average molecular weight is 338 g/mol. The quantitative estimate of drug-likeness (QED) is 0.804. The molecule has 0 saturated carbocycles. The third-order valence-corrected chi connectivity index (χ3v) is 4.42. The number of nitrogens with zero attached hydrogens (tertiary/aromatic N) is 2. The first-order valence-electron chi connectivity index (χ1n) is 8.65. The fourth-order valence-electron chi connectivity index (χ4n) is 3.14. The minimum Gasteiger partial charge on any atom is -0.466 e. The van der Waals surface area contributed by atoms with E-state index in [9.17, 15) is 9.59 Å². The first-order chi connectivity index (χ1) is 12.2. The molecule has 5 heteroatoms. The van der Waals surface area contributed by atoms with Gasteiger partial charge in [0.2, 0.25) is 0 Å². The van der Waals surface area contributed by atoms with E-state index >= 15 is 0 Å². The van der Waals surface area contributed by atoms with Crippen LogP contribution in [0.4, 0.5) is 0 Å². The van der Waals surface area contributed by atoms with Gasteiger partial charge < -0.3 is 9.64 Å². The maximum Gasteiger partial charge on any atom is 0.310 e. The molecule has 1 amide bonds. The van der Waals surface area contributed by atoms with Gasteiger partial charge >= 0.3 is 5.97 Å². The Morgan fingerprint density at radius 2 is 2.00 bits per heavy atom. The molecular weight excluding hydrogens is 316 g/mol. The van der Waals surface area contributed by atoms with Gasteiger partial charge in [-0.25, -0.2) is 0 Å². The lowest BCUT2D eigenvalue weighted by molar-refractivity contribution is -0.149. The number of likely N-dealkylation sites (tertiary alicyclic amines) is 1. The fourth-order valence-corrected chi connectivity index (χ4v) is 3.14. The van der Waals surface area contributed by atoms with Gasteiger partial charge in [0.15, 0.2) is 0 Å². The van der Waals surface area contributed by atoms with E-state index in [1.54, 1.807) is 24.2 Å². The number of carbonyl (C=O) groups is 2. The second kappa shape index (κ2) is 7.92. The van der Waals surface area contributed by atoms with Gasteiger partial charge in [0.05, 0.1) is 18.1 Å². The number of hydrogen-bond acceptors (Lipinski definition) is 4. The van der Waals surface area contributed by atoms with Crippen molar-refractivity contribution in [1.29, 1.82) is 0 Å². The molecule has 1 unspecified atom stereocenters. The molecule has 0 radical (unpaired) electrons. The molecule has 0 spiro atoms. The number of benzene rings is 1. The summed E-state index contributed by atoms with van der Waals surface area (Å²) in [6.45, 7) is 3.23. The minimum atomic E-state index is -0.233. The summed E-state index contributed by atoms with van der Waals surface area (Å²) in [5, 5.41) is 0. The predicted molar refractivity (Wildman–Crippen MR) is 94.9 cm³/mol. The highest BCUT2D eigenvalue weighted by Crippen LogP contribution is 2.22. The average Bonchev–Trinajstić information content (AvgIpc) is 2.68. The molecule has 1 saturated heterocycles. The van der Waals surface area contributed by atoms with Gasteiger partial charge in [0.25, 0.3) is 5.91 Å². The van der Waals surface area contributed by atoms with Gasteiger partial charge in [-0.05, 0) is 31.4 Å². The SMILES string of the molecule is CCOC(=O)C1CCCN(C(=O)c2cncc(-c3ccccc3)c2)C1. The van der Waals surface area contributed by atoms with Crippen molar-refractivity contribution in [2.24, 2.45) is 5.92 Å². The molecule has 1 atom stereocenters. The molecular formula is C20H22N2O3. The van der Waals surface area contributed by atoms with Gasteiger partial charge in [0, 0.05) is 31.0 Å². The van der Waals surface area contributed by atoms with Crippen molar-refractivity contribution < 1.29 is 14.3 Å². The number of piperidine rings is 1. The maximum absolute atomic E-state index is 12.8. The zero-order valence-corrected chi connectivity index (χ0v) is 14.4. The zero-order chi connectivity index (χ0) is 17.6. The Hall–Kier alpha value is -2.69. The monoisotopic (exact) mass is 338 g/mol. The molecule has 2 heterocycles. The Morgan fingerprint density at radius 3 is 2.76 bits per heavy atom. The molecule has 130 valence electrons. The van der Waals surface area contributed by atoms with Crippen LogP contribution in [0.1, 0.15) is 30.1 Å². The molecule has 1 fully saturated rings.